The van der Waals surface area contributed by atoms with E-state index in [0.29, 0.717) is 11.3 Å². The van der Waals surface area contributed by atoms with Crippen LogP contribution in [0.15, 0.2) is 17.5 Å². The third kappa shape index (κ3) is 4.86. The first-order chi connectivity index (χ1) is 12.4. The summed E-state index contributed by atoms with van der Waals surface area (Å²) in [7, 11) is 1.45. The quantitative estimate of drug-likeness (QED) is 0.357. The minimum atomic E-state index is -1.09. The number of nitrogens with zero attached hydrogens (tertiary/aromatic N) is 2. The molecule has 1 aliphatic heterocycles. The van der Waals surface area contributed by atoms with Gasteiger partial charge in [0, 0.05) is 31.5 Å². The molecule has 0 bridgehead atoms. The highest BCUT2D eigenvalue weighted by molar-refractivity contribution is 7.09. The number of methoxy groups -OCH3 is 1. The first-order valence-electron chi connectivity index (χ1n) is 7.70. The van der Waals surface area contributed by atoms with E-state index < -0.39 is 36.3 Å². The standard InChI is InChI=1S/C15H18N4O6S/c1-25-7-5-16-14(23)17-11(20)9-19-13(22)12(21)18(15(19)24)6-4-10-3-2-8-26-10/h2-3,8H,4-7,9H2,1H3,(H2,16,17,20,23). The molecule has 2 rings (SSSR count). The second-order valence-corrected chi connectivity index (χ2v) is 6.29. The molecule has 0 aliphatic carbocycles. The Bertz CT molecular complexity index is 705. The molecular weight excluding hydrogens is 364 g/mol. The summed E-state index contributed by atoms with van der Waals surface area (Å²) < 4.78 is 4.74. The zero-order valence-corrected chi connectivity index (χ0v) is 14.8. The van der Waals surface area contributed by atoms with Crippen LogP contribution < -0.4 is 10.6 Å². The number of ether oxygens (including phenoxy) is 1. The highest BCUT2D eigenvalue weighted by Crippen LogP contribution is 2.15. The molecule has 0 aromatic carbocycles. The van der Waals surface area contributed by atoms with Gasteiger partial charge in [0.15, 0.2) is 0 Å². The summed E-state index contributed by atoms with van der Waals surface area (Å²) in [5, 5.41) is 6.19. The number of imide groups is 3. The highest BCUT2D eigenvalue weighted by atomic mass is 32.1. The van der Waals surface area contributed by atoms with Crippen molar-refractivity contribution < 1.29 is 28.7 Å². The van der Waals surface area contributed by atoms with Crippen molar-refractivity contribution in [3.63, 3.8) is 0 Å². The molecule has 11 heteroatoms. The van der Waals surface area contributed by atoms with Crippen LogP contribution in [0.4, 0.5) is 9.59 Å². The predicted molar refractivity (Wildman–Crippen MR) is 90.3 cm³/mol. The van der Waals surface area contributed by atoms with Crippen molar-refractivity contribution in [1.29, 1.82) is 0 Å². The molecule has 140 valence electrons. The van der Waals surface area contributed by atoms with E-state index in [4.69, 9.17) is 4.74 Å². The maximum Gasteiger partial charge on any atom is 0.334 e. The molecule has 7 amide bonds. The van der Waals surface area contributed by atoms with Gasteiger partial charge in [0.2, 0.25) is 5.91 Å². The first-order valence-corrected chi connectivity index (χ1v) is 8.58. The smallest absolute Gasteiger partial charge is 0.334 e. The van der Waals surface area contributed by atoms with Gasteiger partial charge in [-0.05, 0) is 11.4 Å². The van der Waals surface area contributed by atoms with Crippen LogP contribution in [0.3, 0.4) is 0 Å². The number of thiophene rings is 1. The molecule has 1 saturated heterocycles. The average Bonchev–Trinajstić information content (AvgIpc) is 3.18. The van der Waals surface area contributed by atoms with Gasteiger partial charge in [0.25, 0.3) is 0 Å². The van der Waals surface area contributed by atoms with Crippen LogP contribution in [-0.4, -0.2) is 72.9 Å². The maximum absolute atomic E-state index is 12.2. The van der Waals surface area contributed by atoms with E-state index in [-0.39, 0.29) is 19.7 Å². The summed E-state index contributed by atoms with van der Waals surface area (Å²) in [6, 6.07) is 2.04. The Morgan fingerprint density at radius 1 is 1.19 bits per heavy atom. The number of carbonyl (C=O) groups excluding carboxylic acids is 5. The van der Waals surface area contributed by atoms with E-state index in [1.807, 2.05) is 22.8 Å². The van der Waals surface area contributed by atoms with Crippen LogP contribution in [0.2, 0.25) is 0 Å². The molecule has 0 radical (unpaired) electrons. The lowest BCUT2D eigenvalue weighted by Crippen LogP contribution is -2.47. The lowest BCUT2D eigenvalue weighted by molar-refractivity contribution is -0.143. The van der Waals surface area contributed by atoms with Gasteiger partial charge in [-0.2, -0.15) is 0 Å². The van der Waals surface area contributed by atoms with Crippen molar-refractivity contribution >= 4 is 41.1 Å². The van der Waals surface area contributed by atoms with Gasteiger partial charge in [0.05, 0.1) is 6.61 Å². The van der Waals surface area contributed by atoms with Gasteiger partial charge in [-0.3, -0.25) is 24.6 Å². The third-order valence-electron chi connectivity index (χ3n) is 3.44. The monoisotopic (exact) mass is 382 g/mol. The van der Waals surface area contributed by atoms with Gasteiger partial charge in [-0.25, -0.2) is 14.5 Å². The summed E-state index contributed by atoms with van der Waals surface area (Å²) in [6.07, 6.45) is 0.421. The number of amides is 7. The van der Waals surface area contributed by atoms with Crippen LogP contribution in [-0.2, 0) is 25.5 Å². The number of carbonyl (C=O) groups is 5. The second kappa shape index (κ2) is 9.06. The van der Waals surface area contributed by atoms with E-state index in [0.717, 1.165) is 9.78 Å². The summed E-state index contributed by atoms with van der Waals surface area (Å²) in [5.41, 5.74) is 0. The minimum absolute atomic E-state index is 0.0412. The van der Waals surface area contributed by atoms with Gasteiger partial charge >= 0.3 is 23.9 Å². The summed E-state index contributed by atoms with van der Waals surface area (Å²) in [6.45, 7) is -0.221. The Balaban J connectivity index is 1.87. The number of hydrogen-bond acceptors (Lipinski definition) is 7. The van der Waals surface area contributed by atoms with E-state index in [9.17, 15) is 24.0 Å². The lowest BCUT2D eigenvalue weighted by atomic mass is 10.3. The number of urea groups is 2. The van der Waals surface area contributed by atoms with Gasteiger partial charge in [0.1, 0.15) is 6.54 Å². The molecule has 2 N–H and O–H groups in total. The highest BCUT2D eigenvalue weighted by Gasteiger charge is 2.44. The summed E-state index contributed by atoms with van der Waals surface area (Å²) in [5.74, 6) is -2.95. The molecule has 0 spiro atoms. The van der Waals surface area contributed by atoms with E-state index in [1.165, 1.54) is 18.4 Å². The van der Waals surface area contributed by atoms with Crippen LogP contribution in [0.1, 0.15) is 4.88 Å². The Hall–Kier alpha value is -2.79. The molecule has 26 heavy (non-hydrogen) atoms. The summed E-state index contributed by atoms with van der Waals surface area (Å²) >= 11 is 1.47. The predicted octanol–water partition coefficient (Wildman–Crippen LogP) is -0.446. The maximum atomic E-state index is 12.2. The molecular formula is C15H18N4O6S. The fourth-order valence-corrected chi connectivity index (χ4v) is 2.88. The number of nitrogens with one attached hydrogen (secondary N) is 2. The topological polar surface area (TPSA) is 125 Å². The fraction of sp³-hybridized carbons (Fsp3) is 0.400. The van der Waals surface area contributed by atoms with Gasteiger partial charge in [-0.15, -0.1) is 11.3 Å². The number of hydrogen-bond donors (Lipinski definition) is 2. The molecule has 2 heterocycles. The molecule has 1 aromatic heterocycles. The Morgan fingerprint density at radius 2 is 1.92 bits per heavy atom. The van der Waals surface area contributed by atoms with Crippen LogP contribution in [0, 0.1) is 0 Å². The zero-order valence-electron chi connectivity index (χ0n) is 14.0. The normalized spacial score (nSPS) is 14.1. The zero-order chi connectivity index (χ0) is 19.1. The van der Waals surface area contributed by atoms with Crippen LogP contribution >= 0.6 is 11.3 Å². The molecule has 0 saturated carbocycles. The van der Waals surface area contributed by atoms with Crippen molar-refractivity contribution in [2.24, 2.45) is 0 Å². The Morgan fingerprint density at radius 3 is 2.58 bits per heavy atom. The largest absolute Gasteiger partial charge is 0.383 e. The molecule has 0 atom stereocenters. The van der Waals surface area contributed by atoms with Gasteiger partial charge < -0.3 is 10.1 Å². The summed E-state index contributed by atoms with van der Waals surface area (Å²) in [4.78, 5) is 61.7. The Kier molecular flexibility index (Phi) is 6.81. The van der Waals surface area contributed by atoms with Crippen molar-refractivity contribution in [3.8, 4) is 0 Å². The average molecular weight is 382 g/mol. The molecule has 1 aromatic rings. The molecule has 10 nitrogen and oxygen atoms in total. The molecule has 1 aliphatic rings. The molecule has 1 fully saturated rings. The number of rotatable bonds is 8. The van der Waals surface area contributed by atoms with Crippen molar-refractivity contribution in [1.82, 2.24) is 20.4 Å². The minimum Gasteiger partial charge on any atom is -0.383 e. The molecule has 0 unspecified atom stereocenters. The Labute approximate surface area is 153 Å². The second-order valence-electron chi connectivity index (χ2n) is 5.26. The third-order valence-corrected chi connectivity index (χ3v) is 4.38. The van der Waals surface area contributed by atoms with Crippen LogP contribution in [0.5, 0.6) is 0 Å². The van der Waals surface area contributed by atoms with Crippen molar-refractivity contribution in [3.05, 3.63) is 22.4 Å². The lowest BCUT2D eigenvalue weighted by Gasteiger charge is -2.15. The SMILES string of the molecule is COCCNC(=O)NC(=O)CN1C(=O)C(=O)N(CCc2cccs2)C1=O. The van der Waals surface area contributed by atoms with E-state index in [1.54, 1.807) is 0 Å². The fourth-order valence-electron chi connectivity index (χ4n) is 2.18. The van der Waals surface area contributed by atoms with Crippen molar-refractivity contribution in [2.75, 3.05) is 33.4 Å². The van der Waals surface area contributed by atoms with E-state index in [2.05, 4.69) is 5.32 Å². The van der Waals surface area contributed by atoms with Crippen molar-refractivity contribution in [2.45, 2.75) is 6.42 Å². The van der Waals surface area contributed by atoms with Gasteiger partial charge in [-0.1, -0.05) is 6.07 Å². The first kappa shape index (κ1) is 19.5. The van der Waals surface area contributed by atoms with Crippen LogP contribution in [0.25, 0.3) is 0 Å². The van der Waals surface area contributed by atoms with E-state index >= 15 is 0 Å².